The second kappa shape index (κ2) is 4.85. The van der Waals surface area contributed by atoms with Crippen LogP contribution in [0.25, 0.3) is 5.69 Å². The minimum absolute atomic E-state index is 0.369. The molecule has 94 valence electrons. The first-order chi connectivity index (χ1) is 9.31. The van der Waals surface area contributed by atoms with Crippen molar-refractivity contribution in [1.29, 1.82) is 0 Å². The average Bonchev–Trinajstić information content (AvgIpc) is 2.91. The number of imidazole rings is 1. The molecule has 0 fully saturated rings. The Kier molecular flexibility index (Phi) is 2.89. The van der Waals surface area contributed by atoms with Crippen molar-refractivity contribution in [3.05, 3.63) is 61.2 Å². The van der Waals surface area contributed by atoms with Crippen molar-refractivity contribution in [3.8, 4) is 5.69 Å². The lowest BCUT2D eigenvalue weighted by Gasteiger charge is -2.01. The Balaban J connectivity index is 1.80. The van der Waals surface area contributed by atoms with Crippen LogP contribution in [-0.2, 0) is 0 Å². The Labute approximate surface area is 108 Å². The number of rotatable bonds is 3. The number of halogens is 1. The number of aromatic nitrogens is 4. The molecule has 0 spiro atoms. The normalized spacial score (nSPS) is 10.4. The zero-order chi connectivity index (χ0) is 13.1. The fourth-order valence-electron chi connectivity index (χ4n) is 1.62. The monoisotopic (exact) mass is 255 g/mol. The number of nitrogens with one attached hydrogen (secondary N) is 1. The summed E-state index contributed by atoms with van der Waals surface area (Å²) in [7, 11) is 0. The van der Waals surface area contributed by atoms with E-state index in [0.717, 1.165) is 11.9 Å². The summed E-state index contributed by atoms with van der Waals surface area (Å²) < 4.78 is 14.6. The molecule has 3 heterocycles. The molecule has 0 amide bonds. The highest BCUT2D eigenvalue weighted by molar-refractivity contribution is 5.51. The van der Waals surface area contributed by atoms with Crippen molar-refractivity contribution in [3.63, 3.8) is 0 Å². The van der Waals surface area contributed by atoms with E-state index in [1.54, 1.807) is 24.8 Å². The molecule has 0 aromatic carbocycles. The molecule has 6 heteroatoms. The Hall–Kier alpha value is -2.76. The van der Waals surface area contributed by atoms with Crippen LogP contribution in [0.3, 0.4) is 0 Å². The second-order valence-electron chi connectivity index (χ2n) is 3.86. The summed E-state index contributed by atoms with van der Waals surface area (Å²) in [5.74, 6) is 0.798. The van der Waals surface area contributed by atoms with Crippen molar-refractivity contribution in [2.24, 2.45) is 0 Å². The molecule has 0 atom stereocenters. The zero-order valence-corrected chi connectivity index (χ0v) is 9.86. The van der Waals surface area contributed by atoms with Gasteiger partial charge in [-0.2, -0.15) is 0 Å². The van der Waals surface area contributed by atoms with Crippen LogP contribution in [0.4, 0.5) is 16.0 Å². The molecule has 0 saturated heterocycles. The molecule has 19 heavy (non-hydrogen) atoms. The average molecular weight is 255 g/mol. The molecular formula is C13H10FN5. The Bertz CT molecular complexity index is 663. The van der Waals surface area contributed by atoms with Gasteiger partial charge in [0.25, 0.3) is 0 Å². The number of pyridine rings is 2. The fourth-order valence-corrected chi connectivity index (χ4v) is 1.62. The maximum atomic E-state index is 12.7. The third-order valence-corrected chi connectivity index (χ3v) is 2.51. The van der Waals surface area contributed by atoms with E-state index in [2.05, 4.69) is 20.3 Å². The van der Waals surface area contributed by atoms with E-state index in [0.29, 0.717) is 11.6 Å². The quantitative estimate of drug-likeness (QED) is 0.781. The smallest absolute Gasteiger partial charge is 0.150 e. The van der Waals surface area contributed by atoms with Gasteiger partial charge in [-0.1, -0.05) is 0 Å². The molecule has 3 rings (SSSR count). The molecule has 1 N–H and O–H groups in total. The van der Waals surface area contributed by atoms with Gasteiger partial charge in [0.05, 0.1) is 24.3 Å². The van der Waals surface area contributed by atoms with Crippen LogP contribution in [0.1, 0.15) is 0 Å². The third-order valence-electron chi connectivity index (χ3n) is 2.51. The standard InChI is InChI=1S/C13H10FN5/c14-10-3-4-12(16-6-10)18-13-8-19(9-17-13)11-2-1-5-15-7-11/h1-9H,(H,16,18). The van der Waals surface area contributed by atoms with Crippen LogP contribution in [-0.4, -0.2) is 19.5 Å². The summed E-state index contributed by atoms with van der Waals surface area (Å²) in [6, 6.07) is 6.67. The topological polar surface area (TPSA) is 55.6 Å². The predicted octanol–water partition coefficient (Wildman–Crippen LogP) is 2.54. The lowest BCUT2D eigenvalue weighted by Crippen LogP contribution is -1.94. The Morgan fingerprint density at radius 2 is 2.00 bits per heavy atom. The summed E-state index contributed by atoms with van der Waals surface area (Å²) in [5, 5.41) is 2.99. The van der Waals surface area contributed by atoms with E-state index in [-0.39, 0.29) is 5.82 Å². The first kappa shape index (κ1) is 11.3. The predicted molar refractivity (Wildman–Crippen MR) is 68.8 cm³/mol. The van der Waals surface area contributed by atoms with E-state index in [9.17, 15) is 4.39 Å². The van der Waals surface area contributed by atoms with Crippen molar-refractivity contribution in [2.45, 2.75) is 0 Å². The molecule has 0 aliphatic rings. The summed E-state index contributed by atoms with van der Waals surface area (Å²) >= 11 is 0. The van der Waals surface area contributed by atoms with Gasteiger partial charge in [0.1, 0.15) is 23.8 Å². The SMILES string of the molecule is Fc1ccc(Nc2cn(-c3cccnc3)cn2)nc1. The minimum atomic E-state index is -0.369. The van der Waals surface area contributed by atoms with E-state index >= 15 is 0 Å². The Morgan fingerprint density at radius 1 is 1.05 bits per heavy atom. The lowest BCUT2D eigenvalue weighted by atomic mass is 10.4. The third kappa shape index (κ3) is 2.57. The highest BCUT2D eigenvalue weighted by Crippen LogP contribution is 2.14. The number of hydrogen-bond acceptors (Lipinski definition) is 4. The molecule has 0 aliphatic heterocycles. The Morgan fingerprint density at radius 3 is 2.74 bits per heavy atom. The van der Waals surface area contributed by atoms with Gasteiger partial charge in [0.2, 0.25) is 0 Å². The molecule has 0 saturated carbocycles. The van der Waals surface area contributed by atoms with Gasteiger partial charge >= 0.3 is 0 Å². The van der Waals surface area contributed by atoms with Gasteiger partial charge in [-0.3, -0.25) is 4.98 Å². The molecule has 0 aliphatic carbocycles. The molecule has 3 aromatic rings. The van der Waals surface area contributed by atoms with Gasteiger partial charge < -0.3 is 9.88 Å². The van der Waals surface area contributed by atoms with Crippen LogP contribution in [0.5, 0.6) is 0 Å². The molecule has 0 unspecified atom stereocenters. The molecule has 5 nitrogen and oxygen atoms in total. The second-order valence-corrected chi connectivity index (χ2v) is 3.86. The highest BCUT2D eigenvalue weighted by atomic mass is 19.1. The summed E-state index contributed by atoms with van der Waals surface area (Å²) in [6.07, 6.45) is 8.08. The maximum Gasteiger partial charge on any atom is 0.150 e. The number of anilines is 2. The highest BCUT2D eigenvalue weighted by Gasteiger charge is 2.02. The summed E-state index contributed by atoms with van der Waals surface area (Å²) in [6.45, 7) is 0. The lowest BCUT2D eigenvalue weighted by molar-refractivity contribution is 0.622. The molecule has 0 bridgehead atoms. The number of nitrogens with zero attached hydrogens (tertiary/aromatic N) is 4. The summed E-state index contributed by atoms with van der Waals surface area (Å²) in [4.78, 5) is 12.1. The zero-order valence-electron chi connectivity index (χ0n) is 9.86. The van der Waals surface area contributed by atoms with Crippen LogP contribution < -0.4 is 5.32 Å². The first-order valence-corrected chi connectivity index (χ1v) is 5.64. The van der Waals surface area contributed by atoms with E-state index in [1.165, 1.54) is 6.07 Å². The molecular weight excluding hydrogens is 245 g/mol. The van der Waals surface area contributed by atoms with Crippen LogP contribution in [0, 0.1) is 5.82 Å². The van der Waals surface area contributed by atoms with Gasteiger partial charge in [0, 0.05) is 6.20 Å². The minimum Gasteiger partial charge on any atom is -0.324 e. The van der Waals surface area contributed by atoms with Gasteiger partial charge in [-0.25, -0.2) is 14.4 Å². The number of hydrogen-bond donors (Lipinski definition) is 1. The molecule has 0 radical (unpaired) electrons. The van der Waals surface area contributed by atoms with Gasteiger partial charge in [-0.15, -0.1) is 0 Å². The van der Waals surface area contributed by atoms with Gasteiger partial charge in [0.15, 0.2) is 0 Å². The largest absolute Gasteiger partial charge is 0.324 e. The van der Waals surface area contributed by atoms with Crippen molar-refractivity contribution in [2.75, 3.05) is 5.32 Å². The van der Waals surface area contributed by atoms with E-state index in [1.807, 2.05) is 22.9 Å². The molecule has 3 aromatic heterocycles. The van der Waals surface area contributed by atoms with Crippen LogP contribution in [0.15, 0.2) is 55.4 Å². The van der Waals surface area contributed by atoms with Crippen molar-refractivity contribution >= 4 is 11.6 Å². The van der Waals surface area contributed by atoms with Crippen LogP contribution >= 0.6 is 0 Å². The fraction of sp³-hybridized carbons (Fsp3) is 0. The summed E-state index contributed by atoms with van der Waals surface area (Å²) in [5.41, 5.74) is 0.912. The maximum absolute atomic E-state index is 12.7. The van der Waals surface area contributed by atoms with Crippen molar-refractivity contribution < 1.29 is 4.39 Å². The van der Waals surface area contributed by atoms with Gasteiger partial charge in [-0.05, 0) is 24.3 Å². The van der Waals surface area contributed by atoms with E-state index in [4.69, 9.17) is 0 Å². The van der Waals surface area contributed by atoms with Crippen LogP contribution in [0.2, 0.25) is 0 Å². The van der Waals surface area contributed by atoms with E-state index < -0.39 is 0 Å². The van der Waals surface area contributed by atoms with Crippen molar-refractivity contribution in [1.82, 2.24) is 19.5 Å². The first-order valence-electron chi connectivity index (χ1n) is 5.64.